The molecule has 0 fully saturated rings. The molecule has 0 N–H and O–H groups in total. The van der Waals surface area contributed by atoms with Gasteiger partial charge in [-0.25, -0.2) is 0 Å². The molecule has 0 aromatic rings. The monoisotopic (exact) mass is 381 g/mol. The minimum atomic E-state index is -2.93. The molecule has 0 heterocycles. The van der Waals surface area contributed by atoms with Gasteiger partial charge in [-0.05, 0) is 13.1 Å². The molecule has 0 rings (SSSR count). The van der Waals surface area contributed by atoms with E-state index in [1.807, 2.05) is 34.8 Å². The van der Waals surface area contributed by atoms with Gasteiger partial charge < -0.3 is 8.64 Å². The van der Waals surface area contributed by atoms with Crippen LogP contribution in [0.2, 0.25) is 19.6 Å². The Morgan fingerprint density at radius 1 is 0.542 bits per heavy atom. The normalized spacial score (nSPS) is 13.5. The Morgan fingerprint density at radius 3 is 1.12 bits per heavy atom. The molecule has 9 heteroatoms. The highest BCUT2D eigenvalue weighted by molar-refractivity contribution is 6.76. The molecule has 0 saturated carbocycles. The molecule has 0 atom stereocenters. The van der Waals surface area contributed by atoms with Gasteiger partial charge in [-0.1, -0.05) is 41.5 Å². The fourth-order valence-corrected chi connectivity index (χ4v) is 8.74. The van der Waals surface area contributed by atoms with Gasteiger partial charge in [-0.3, -0.25) is 9.05 Å². The summed E-state index contributed by atoms with van der Waals surface area (Å²) in [5.74, 6) is 0. The second-order valence-corrected chi connectivity index (χ2v) is 11.9. The van der Waals surface area contributed by atoms with Crippen molar-refractivity contribution in [3.63, 3.8) is 0 Å². The molecule has 24 heavy (non-hydrogen) atoms. The molecule has 0 radical (unpaired) electrons. The van der Waals surface area contributed by atoms with Gasteiger partial charge in [0.25, 0.3) is 0 Å². The molecular formula is C15H39N3O4Si2. The Bertz CT molecular complexity index is 312. The molecule has 0 amide bonds. The number of rotatable bonds is 14. The fraction of sp³-hybridized carbons (Fsp3) is 1.00. The number of hydrogen-bond acceptors (Lipinski definition) is 7. The van der Waals surface area contributed by atoms with E-state index < -0.39 is 17.4 Å². The van der Waals surface area contributed by atoms with Gasteiger partial charge in [0, 0.05) is 45.8 Å². The third-order valence-electron chi connectivity index (χ3n) is 3.49. The van der Waals surface area contributed by atoms with Crippen LogP contribution in [0.5, 0.6) is 0 Å². The lowest BCUT2D eigenvalue weighted by Crippen LogP contribution is -2.59. The van der Waals surface area contributed by atoms with Crippen LogP contribution in [0.4, 0.5) is 0 Å². The lowest BCUT2D eigenvalue weighted by molar-refractivity contribution is -0.172. The Balaban J connectivity index is 5.21. The molecule has 146 valence electrons. The van der Waals surface area contributed by atoms with E-state index >= 15 is 0 Å². The van der Waals surface area contributed by atoms with Crippen LogP contribution in [-0.2, 0) is 17.7 Å². The van der Waals surface area contributed by atoms with Gasteiger partial charge in [0.1, 0.15) is 0 Å². The van der Waals surface area contributed by atoms with Crippen molar-refractivity contribution in [3.8, 4) is 0 Å². The Morgan fingerprint density at radius 2 is 0.833 bits per heavy atom. The van der Waals surface area contributed by atoms with Gasteiger partial charge in [0.05, 0.1) is 0 Å². The predicted octanol–water partition coefficient (Wildman–Crippen LogP) is 3.09. The number of hydrogen-bond donors (Lipinski definition) is 0. The molecule has 0 saturated heterocycles. The number of hydroxylamine groups is 6. The zero-order valence-corrected chi connectivity index (χ0v) is 19.2. The Kier molecular flexibility index (Phi) is 11.8. The van der Waals surface area contributed by atoms with Crippen molar-refractivity contribution in [2.45, 2.75) is 61.2 Å². The van der Waals surface area contributed by atoms with Gasteiger partial charge >= 0.3 is 17.4 Å². The average molecular weight is 382 g/mol. The molecular weight excluding hydrogens is 342 g/mol. The average Bonchev–Trinajstić information content (AvgIpc) is 2.54. The lowest BCUT2D eigenvalue weighted by Gasteiger charge is -2.39. The van der Waals surface area contributed by atoms with Crippen molar-refractivity contribution in [2.24, 2.45) is 0 Å². The molecule has 0 aliphatic rings. The third kappa shape index (κ3) is 9.02. The van der Waals surface area contributed by atoms with Crippen LogP contribution in [0.3, 0.4) is 0 Å². The van der Waals surface area contributed by atoms with Crippen LogP contribution < -0.4 is 0 Å². The van der Waals surface area contributed by atoms with Crippen LogP contribution in [0.25, 0.3) is 0 Å². The number of nitrogens with zero attached hydrogens (tertiary/aromatic N) is 3. The summed E-state index contributed by atoms with van der Waals surface area (Å²) in [7, 11) is -5.37. The van der Waals surface area contributed by atoms with E-state index in [9.17, 15) is 0 Å². The molecule has 0 aliphatic carbocycles. The SMILES string of the molecule is CCN(CC)O[Si](C)(C)O[Si](C)(ON(CC)CC)ON(CC)CC. The van der Waals surface area contributed by atoms with Gasteiger partial charge in [0.15, 0.2) is 0 Å². The third-order valence-corrected chi connectivity index (χ3v) is 8.81. The summed E-state index contributed by atoms with van der Waals surface area (Å²) in [6.45, 7) is 23.2. The summed E-state index contributed by atoms with van der Waals surface area (Å²) in [5, 5.41) is 5.70. The van der Waals surface area contributed by atoms with E-state index in [0.717, 1.165) is 39.3 Å². The van der Waals surface area contributed by atoms with Gasteiger partial charge in [-0.2, -0.15) is 15.2 Å². The van der Waals surface area contributed by atoms with Crippen molar-refractivity contribution >= 4 is 17.4 Å². The van der Waals surface area contributed by atoms with E-state index in [-0.39, 0.29) is 0 Å². The first-order valence-electron chi connectivity index (χ1n) is 9.21. The largest absolute Gasteiger partial charge is 0.523 e. The molecule has 0 aliphatic heterocycles. The zero-order valence-electron chi connectivity index (χ0n) is 17.2. The van der Waals surface area contributed by atoms with Crippen LogP contribution in [-0.4, -0.2) is 71.8 Å². The summed E-state index contributed by atoms with van der Waals surface area (Å²) in [5.41, 5.74) is 0. The summed E-state index contributed by atoms with van der Waals surface area (Å²) >= 11 is 0. The molecule has 0 spiro atoms. The second-order valence-electron chi connectivity index (χ2n) is 5.98. The zero-order chi connectivity index (χ0) is 18.8. The summed E-state index contributed by atoms with van der Waals surface area (Å²) in [6, 6.07) is 0. The minimum absolute atomic E-state index is 0.781. The lowest BCUT2D eigenvalue weighted by atomic mass is 10.6. The first-order valence-corrected chi connectivity index (χ1v) is 14.2. The Labute approximate surface area is 151 Å². The van der Waals surface area contributed by atoms with Crippen LogP contribution in [0.1, 0.15) is 41.5 Å². The van der Waals surface area contributed by atoms with E-state index in [0.29, 0.717) is 0 Å². The second kappa shape index (κ2) is 11.7. The highest BCUT2D eigenvalue weighted by atomic mass is 28.5. The molecule has 0 unspecified atom stereocenters. The standard InChI is InChI=1S/C15H39N3O4Si2/c1-10-16(11-2)19-23(7,8)22-24(9,20-17(12-3)13-4)21-18(14-5)15-6/h10-15H2,1-9H3. The van der Waals surface area contributed by atoms with Crippen molar-refractivity contribution in [2.75, 3.05) is 39.3 Å². The maximum absolute atomic E-state index is 6.41. The quantitative estimate of drug-likeness (QED) is 0.338. The highest BCUT2D eigenvalue weighted by Crippen LogP contribution is 2.21. The highest BCUT2D eigenvalue weighted by Gasteiger charge is 2.47. The fourth-order valence-electron chi connectivity index (χ4n) is 2.36. The van der Waals surface area contributed by atoms with Crippen molar-refractivity contribution < 1.29 is 17.7 Å². The smallest absolute Gasteiger partial charge is 0.391 e. The van der Waals surface area contributed by atoms with Crippen LogP contribution in [0, 0.1) is 0 Å². The first kappa shape index (κ1) is 24.2. The van der Waals surface area contributed by atoms with Crippen molar-refractivity contribution in [3.05, 3.63) is 0 Å². The summed E-state index contributed by atoms with van der Waals surface area (Å²) in [4.78, 5) is 0. The van der Waals surface area contributed by atoms with E-state index in [1.54, 1.807) is 0 Å². The minimum Gasteiger partial charge on any atom is -0.391 e. The molecule has 0 bridgehead atoms. The van der Waals surface area contributed by atoms with E-state index in [1.165, 1.54) is 0 Å². The Hall–Kier alpha value is 0.154. The maximum Gasteiger partial charge on any atom is 0.523 e. The van der Waals surface area contributed by atoms with Gasteiger partial charge in [0.2, 0.25) is 0 Å². The maximum atomic E-state index is 6.41. The molecule has 0 aromatic carbocycles. The van der Waals surface area contributed by atoms with Crippen molar-refractivity contribution in [1.29, 1.82) is 0 Å². The summed E-state index contributed by atoms with van der Waals surface area (Å²) in [6.07, 6.45) is 0. The topological polar surface area (TPSA) is 46.6 Å². The predicted molar refractivity (Wildman–Crippen MR) is 102 cm³/mol. The summed E-state index contributed by atoms with van der Waals surface area (Å²) < 4.78 is 24.9. The van der Waals surface area contributed by atoms with E-state index in [4.69, 9.17) is 17.7 Å². The molecule has 7 nitrogen and oxygen atoms in total. The molecule has 0 aromatic heterocycles. The first-order chi connectivity index (χ1) is 11.2. The van der Waals surface area contributed by atoms with Gasteiger partial charge in [-0.15, -0.1) is 0 Å². The van der Waals surface area contributed by atoms with Crippen LogP contribution >= 0.6 is 0 Å². The van der Waals surface area contributed by atoms with Crippen LogP contribution in [0.15, 0.2) is 0 Å². The van der Waals surface area contributed by atoms with Crippen molar-refractivity contribution in [1.82, 2.24) is 15.2 Å². The van der Waals surface area contributed by atoms with E-state index in [2.05, 4.69) is 41.5 Å².